The van der Waals surface area contributed by atoms with Gasteiger partial charge in [0.25, 0.3) is 5.91 Å². The molecule has 1 atom stereocenters. The molecule has 1 aliphatic heterocycles. The Hall–Kier alpha value is -3.29. The number of hydrogen-bond donors (Lipinski definition) is 2. The minimum Gasteiger partial charge on any atom is -0.469 e. The molecule has 0 aliphatic carbocycles. The number of nitrogens with zero attached hydrogens (tertiary/aromatic N) is 3. The average Bonchev–Trinajstić information content (AvgIpc) is 2.77. The monoisotopic (exact) mass is 395 g/mol. The van der Waals surface area contributed by atoms with E-state index in [0.717, 1.165) is 24.0 Å². The van der Waals surface area contributed by atoms with Gasteiger partial charge in [0.15, 0.2) is 0 Å². The molecule has 1 aromatic carbocycles. The molecule has 8 nitrogen and oxygen atoms in total. The highest BCUT2D eigenvalue weighted by Gasteiger charge is 2.31. The predicted octanol–water partition coefficient (Wildman–Crippen LogP) is 2.09. The summed E-state index contributed by atoms with van der Waals surface area (Å²) in [4.78, 5) is 34.6. The van der Waals surface area contributed by atoms with Gasteiger partial charge in [-0.3, -0.25) is 15.0 Å². The molecule has 1 aliphatic rings. The number of hydrogen-bond acceptors (Lipinski definition) is 6. The molecule has 2 heterocycles. The van der Waals surface area contributed by atoms with Crippen LogP contribution in [0.2, 0.25) is 0 Å². The number of carbonyl (C=O) groups excluding carboxylic acids is 2. The van der Waals surface area contributed by atoms with Crippen LogP contribution >= 0.6 is 0 Å². The Kier molecular flexibility index (Phi) is 6.21. The van der Waals surface area contributed by atoms with E-state index in [-0.39, 0.29) is 35.4 Å². The van der Waals surface area contributed by atoms with Gasteiger partial charge >= 0.3 is 5.97 Å². The van der Waals surface area contributed by atoms with Gasteiger partial charge in [-0.25, -0.2) is 9.97 Å². The molecule has 152 valence electrons. The standard InChI is InChI=1S/C21H25N5O3/c1-13(21(28)29-2)14-7-9-26(10-8-14)20(27)19-24-11-17(12-25-19)15-3-5-16(6-4-15)18(22)23/h3-6,11-14H,7-10H2,1-2H3,(H3,22,23). The first-order valence-electron chi connectivity index (χ1n) is 9.54. The van der Waals surface area contributed by atoms with Crippen molar-refractivity contribution < 1.29 is 14.3 Å². The molecule has 29 heavy (non-hydrogen) atoms. The molecule has 0 saturated carbocycles. The van der Waals surface area contributed by atoms with Crippen LogP contribution in [-0.2, 0) is 9.53 Å². The second-order valence-corrected chi connectivity index (χ2v) is 7.23. The summed E-state index contributed by atoms with van der Waals surface area (Å²) in [5.74, 6) is -0.181. The van der Waals surface area contributed by atoms with Crippen LogP contribution < -0.4 is 5.73 Å². The molecule has 1 aromatic heterocycles. The van der Waals surface area contributed by atoms with E-state index in [9.17, 15) is 9.59 Å². The van der Waals surface area contributed by atoms with Gasteiger partial charge in [0.2, 0.25) is 5.82 Å². The molecule has 1 fully saturated rings. The summed E-state index contributed by atoms with van der Waals surface area (Å²) in [6.07, 6.45) is 4.75. The van der Waals surface area contributed by atoms with Crippen LogP contribution in [-0.4, -0.2) is 52.8 Å². The zero-order valence-electron chi connectivity index (χ0n) is 16.6. The predicted molar refractivity (Wildman–Crippen MR) is 108 cm³/mol. The Morgan fingerprint density at radius 3 is 2.24 bits per heavy atom. The fraction of sp³-hybridized carbons (Fsp3) is 0.381. The van der Waals surface area contributed by atoms with Crippen LogP contribution in [0.1, 0.15) is 35.9 Å². The van der Waals surface area contributed by atoms with Crippen LogP contribution in [0.15, 0.2) is 36.7 Å². The Bertz CT molecular complexity index is 888. The molecule has 1 saturated heterocycles. The van der Waals surface area contributed by atoms with Gasteiger partial charge in [0.05, 0.1) is 13.0 Å². The van der Waals surface area contributed by atoms with E-state index in [1.165, 1.54) is 7.11 Å². The summed E-state index contributed by atoms with van der Waals surface area (Å²) in [5.41, 5.74) is 7.77. The van der Waals surface area contributed by atoms with E-state index in [1.54, 1.807) is 29.4 Å². The van der Waals surface area contributed by atoms with Crippen molar-refractivity contribution in [3.8, 4) is 11.1 Å². The Morgan fingerprint density at radius 2 is 1.72 bits per heavy atom. The third-order valence-electron chi connectivity index (χ3n) is 5.48. The maximum absolute atomic E-state index is 12.7. The largest absolute Gasteiger partial charge is 0.469 e. The number of aromatic nitrogens is 2. The average molecular weight is 395 g/mol. The maximum atomic E-state index is 12.7. The fourth-order valence-electron chi connectivity index (χ4n) is 3.55. The first-order valence-corrected chi connectivity index (χ1v) is 9.54. The Labute approximate surface area is 169 Å². The first kappa shape index (κ1) is 20.4. The van der Waals surface area contributed by atoms with Gasteiger partial charge in [-0.05, 0) is 24.3 Å². The number of piperidine rings is 1. The lowest BCUT2D eigenvalue weighted by molar-refractivity contribution is -0.147. The molecule has 0 spiro atoms. The normalized spacial score (nSPS) is 15.6. The van der Waals surface area contributed by atoms with Crippen LogP contribution in [0.25, 0.3) is 11.1 Å². The third kappa shape index (κ3) is 4.59. The smallest absolute Gasteiger partial charge is 0.308 e. The van der Waals surface area contributed by atoms with Crippen molar-refractivity contribution in [3.63, 3.8) is 0 Å². The fourth-order valence-corrected chi connectivity index (χ4v) is 3.55. The second kappa shape index (κ2) is 8.81. The van der Waals surface area contributed by atoms with Crippen LogP contribution in [0.4, 0.5) is 0 Å². The lowest BCUT2D eigenvalue weighted by atomic mass is 9.85. The lowest BCUT2D eigenvalue weighted by Crippen LogP contribution is -2.41. The number of carbonyl (C=O) groups is 2. The van der Waals surface area contributed by atoms with Crippen molar-refractivity contribution in [3.05, 3.63) is 48.0 Å². The van der Waals surface area contributed by atoms with Crippen molar-refractivity contribution in [2.24, 2.45) is 17.6 Å². The molecule has 8 heteroatoms. The van der Waals surface area contributed by atoms with Crippen molar-refractivity contribution in [1.82, 2.24) is 14.9 Å². The number of amidine groups is 1. The van der Waals surface area contributed by atoms with Crippen LogP contribution in [0.5, 0.6) is 0 Å². The van der Waals surface area contributed by atoms with E-state index < -0.39 is 0 Å². The molecular formula is C21H25N5O3. The van der Waals surface area contributed by atoms with Crippen LogP contribution in [0.3, 0.4) is 0 Å². The molecular weight excluding hydrogens is 370 g/mol. The number of methoxy groups -OCH3 is 1. The highest BCUT2D eigenvalue weighted by molar-refractivity contribution is 5.95. The number of nitrogen functional groups attached to an aromatic ring is 1. The number of benzene rings is 1. The number of likely N-dealkylation sites (tertiary alicyclic amines) is 1. The van der Waals surface area contributed by atoms with Gasteiger partial charge in [-0.1, -0.05) is 31.2 Å². The number of rotatable bonds is 5. The molecule has 3 N–H and O–H groups in total. The third-order valence-corrected chi connectivity index (χ3v) is 5.48. The summed E-state index contributed by atoms with van der Waals surface area (Å²) < 4.78 is 4.82. The number of nitrogens with one attached hydrogen (secondary N) is 1. The van der Waals surface area contributed by atoms with Crippen molar-refractivity contribution >= 4 is 17.7 Å². The number of nitrogens with two attached hydrogens (primary N) is 1. The lowest BCUT2D eigenvalue weighted by Gasteiger charge is -2.33. The van der Waals surface area contributed by atoms with Crippen molar-refractivity contribution in [1.29, 1.82) is 5.41 Å². The quantitative estimate of drug-likeness (QED) is 0.454. The minimum atomic E-state index is -0.204. The van der Waals surface area contributed by atoms with Gasteiger partial charge in [-0.15, -0.1) is 0 Å². The summed E-state index contributed by atoms with van der Waals surface area (Å²) in [6, 6.07) is 7.20. The van der Waals surface area contributed by atoms with E-state index in [2.05, 4.69) is 9.97 Å². The molecule has 1 unspecified atom stereocenters. The molecule has 3 rings (SSSR count). The number of amides is 1. The zero-order chi connectivity index (χ0) is 21.0. The van der Waals surface area contributed by atoms with Crippen molar-refractivity contribution in [2.45, 2.75) is 19.8 Å². The van der Waals surface area contributed by atoms with Crippen molar-refractivity contribution in [2.75, 3.05) is 20.2 Å². The number of esters is 1. The minimum absolute atomic E-state index is 0.0125. The molecule has 0 radical (unpaired) electrons. The summed E-state index contributed by atoms with van der Waals surface area (Å²) in [5, 5.41) is 7.44. The van der Waals surface area contributed by atoms with Gasteiger partial charge < -0.3 is 15.4 Å². The van der Waals surface area contributed by atoms with Gasteiger partial charge in [0, 0.05) is 36.6 Å². The van der Waals surface area contributed by atoms with E-state index in [1.807, 2.05) is 19.1 Å². The van der Waals surface area contributed by atoms with Gasteiger partial charge in [-0.2, -0.15) is 0 Å². The highest BCUT2D eigenvalue weighted by atomic mass is 16.5. The molecule has 1 amide bonds. The number of ether oxygens (including phenoxy) is 1. The summed E-state index contributed by atoms with van der Waals surface area (Å²) in [7, 11) is 1.40. The second-order valence-electron chi connectivity index (χ2n) is 7.23. The topological polar surface area (TPSA) is 122 Å². The van der Waals surface area contributed by atoms with Gasteiger partial charge in [0.1, 0.15) is 5.84 Å². The molecule has 0 bridgehead atoms. The highest BCUT2D eigenvalue weighted by Crippen LogP contribution is 2.26. The summed E-state index contributed by atoms with van der Waals surface area (Å²) in [6.45, 7) is 3.02. The van der Waals surface area contributed by atoms with E-state index in [0.29, 0.717) is 18.7 Å². The Balaban J connectivity index is 1.62. The summed E-state index contributed by atoms with van der Waals surface area (Å²) >= 11 is 0. The maximum Gasteiger partial charge on any atom is 0.308 e. The van der Waals surface area contributed by atoms with E-state index >= 15 is 0 Å². The molecule has 2 aromatic rings. The Morgan fingerprint density at radius 1 is 1.14 bits per heavy atom. The van der Waals surface area contributed by atoms with E-state index in [4.69, 9.17) is 15.9 Å². The van der Waals surface area contributed by atoms with Crippen LogP contribution in [0, 0.1) is 17.2 Å². The zero-order valence-corrected chi connectivity index (χ0v) is 16.6. The SMILES string of the molecule is COC(=O)C(C)C1CCN(C(=O)c2ncc(-c3ccc(C(=N)N)cc3)cn2)CC1. The first-order chi connectivity index (χ1) is 13.9.